The first kappa shape index (κ1) is 16.3. The van der Waals surface area contributed by atoms with Crippen molar-refractivity contribution in [1.82, 2.24) is 10.2 Å². The molecule has 0 aromatic heterocycles. The van der Waals surface area contributed by atoms with Crippen LogP contribution in [0.5, 0.6) is 0 Å². The minimum absolute atomic E-state index is 0.153. The number of urea groups is 1. The number of halogens is 3. The van der Waals surface area contributed by atoms with E-state index < -0.39 is 29.8 Å². The van der Waals surface area contributed by atoms with Crippen LogP contribution < -0.4 is 5.32 Å². The summed E-state index contributed by atoms with van der Waals surface area (Å²) in [5.74, 6) is -0.986. The highest BCUT2D eigenvalue weighted by atomic mass is 32.2. The predicted octanol–water partition coefficient (Wildman–Crippen LogP) is 2.42. The number of nitrogens with one attached hydrogen (secondary N) is 1. The van der Waals surface area contributed by atoms with Crippen LogP contribution in [-0.4, -0.2) is 50.9 Å². The summed E-state index contributed by atoms with van der Waals surface area (Å²) in [6.07, 6.45) is -3.54. The lowest BCUT2D eigenvalue weighted by Crippen LogP contribution is -2.56. The molecule has 2 atom stereocenters. The number of amides is 2. The summed E-state index contributed by atoms with van der Waals surface area (Å²) in [7, 11) is 0. The highest BCUT2D eigenvalue weighted by Crippen LogP contribution is 2.49. The molecule has 2 rings (SSSR count). The van der Waals surface area contributed by atoms with E-state index in [1.54, 1.807) is 0 Å². The van der Waals surface area contributed by atoms with Crippen molar-refractivity contribution >= 4 is 23.8 Å². The first-order valence-electron chi connectivity index (χ1n) is 6.73. The second kappa shape index (κ2) is 5.58. The smallest absolute Gasteiger partial charge is 0.411 e. The largest absolute Gasteiger partial charge is 0.480 e. The summed E-state index contributed by atoms with van der Waals surface area (Å²) >= 11 is 1.30. The minimum Gasteiger partial charge on any atom is -0.480 e. The van der Waals surface area contributed by atoms with Gasteiger partial charge in [-0.3, -0.25) is 4.90 Å². The highest BCUT2D eigenvalue weighted by molar-refractivity contribution is 8.00. The molecule has 2 amide bonds. The molecule has 0 bridgehead atoms. The third kappa shape index (κ3) is 3.07. The van der Waals surface area contributed by atoms with Crippen molar-refractivity contribution in [2.75, 3.05) is 5.75 Å². The van der Waals surface area contributed by atoms with Crippen molar-refractivity contribution in [3.05, 3.63) is 0 Å². The van der Waals surface area contributed by atoms with E-state index in [2.05, 4.69) is 0 Å². The minimum atomic E-state index is -4.51. The van der Waals surface area contributed by atoms with Crippen LogP contribution in [0.4, 0.5) is 18.0 Å². The fourth-order valence-electron chi connectivity index (χ4n) is 2.37. The van der Waals surface area contributed by atoms with Gasteiger partial charge in [0.1, 0.15) is 11.6 Å². The van der Waals surface area contributed by atoms with Crippen LogP contribution in [-0.2, 0) is 4.79 Å². The fourth-order valence-corrected chi connectivity index (χ4v) is 3.88. The molecule has 2 N–H and O–H groups in total. The quantitative estimate of drug-likeness (QED) is 0.832. The lowest BCUT2D eigenvalue weighted by molar-refractivity contribution is -0.163. The number of hydrogen-bond acceptors (Lipinski definition) is 3. The molecule has 0 radical (unpaired) electrons. The number of nitrogens with zero attached hydrogens (tertiary/aromatic N) is 1. The Morgan fingerprint density at radius 3 is 2.48 bits per heavy atom. The maximum atomic E-state index is 12.9. The van der Waals surface area contributed by atoms with Crippen LogP contribution in [0, 0.1) is 0 Å². The molecule has 21 heavy (non-hydrogen) atoms. The summed E-state index contributed by atoms with van der Waals surface area (Å²) in [4.78, 5) is 24.4. The Labute approximate surface area is 124 Å². The molecule has 2 aliphatic rings. The molecule has 1 saturated carbocycles. The van der Waals surface area contributed by atoms with Gasteiger partial charge in [-0.05, 0) is 19.3 Å². The van der Waals surface area contributed by atoms with Gasteiger partial charge in [-0.2, -0.15) is 13.2 Å². The van der Waals surface area contributed by atoms with E-state index in [1.165, 1.54) is 11.8 Å². The molecule has 9 heteroatoms. The zero-order chi connectivity index (χ0) is 15.8. The molecule has 0 aromatic rings. The Morgan fingerprint density at radius 2 is 2.05 bits per heavy atom. The monoisotopic (exact) mass is 326 g/mol. The van der Waals surface area contributed by atoms with E-state index in [4.69, 9.17) is 5.11 Å². The molecule has 1 aliphatic heterocycles. The van der Waals surface area contributed by atoms with Crippen LogP contribution in [0.2, 0.25) is 0 Å². The maximum absolute atomic E-state index is 12.9. The average molecular weight is 326 g/mol. The number of thioether (sulfide) groups is 1. The van der Waals surface area contributed by atoms with E-state index in [0.717, 1.165) is 11.3 Å². The third-order valence-electron chi connectivity index (χ3n) is 3.79. The van der Waals surface area contributed by atoms with Crippen molar-refractivity contribution in [2.24, 2.45) is 0 Å². The molecule has 0 aromatic carbocycles. The van der Waals surface area contributed by atoms with Crippen LogP contribution in [0.3, 0.4) is 0 Å². The van der Waals surface area contributed by atoms with Crippen LogP contribution in [0.1, 0.15) is 32.6 Å². The number of carbonyl (C=O) groups is 2. The number of aliphatic carboxylic acids is 1. The fraction of sp³-hybridized carbons (Fsp3) is 0.833. The molecular formula is C12H17F3N2O3S. The zero-order valence-corrected chi connectivity index (χ0v) is 12.3. The number of carboxylic acid groups (broad SMARTS) is 1. The van der Waals surface area contributed by atoms with Gasteiger partial charge in [0.05, 0.1) is 5.37 Å². The lowest BCUT2D eigenvalue weighted by Gasteiger charge is -2.30. The van der Waals surface area contributed by atoms with Crippen molar-refractivity contribution in [3.63, 3.8) is 0 Å². The van der Waals surface area contributed by atoms with Gasteiger partial charge in [0.2, 0.25) is 0 Å². The number of alkyl halides is 3. The lowest BCUT2D eigenvalue weighted by atomic mass is 10.2. The van der Waals surface area contributed by atoms with Crippen LogP contribution in [0.15, 0.2) is 0 Å². The van der Waals surface area contributed by atoms with Gasteiger partial charge in [-0.1, -0.05) is 13.3 Å². The van der Waals surface area contributed by atoms with Crippen molar-refractivity contribution < 1.29 is 27.9 Å². The molecular weight excluding hydrogens is 309 g/mol. The van der Waals surface area contributed by atoms with Gasteiger partial charge in [0.25, 0.3) is 0 Å². The standard InChI is InChI=1S/C12H17F3N2O3S/c1-2-3-8-17(7(6-21-8)9(18)19)10(20)16-11(4-5-11)12(13,14)15/h7-8H,2-6H2,1H3,(H,16,20)(H,18,19). The molecule has 5 nitrogen and oxygen atoms in total. The second-order valence-electron chi connectivity index (χ2n) is 5.35. The van der Waals surface area contributed by atoms with Crippen LogP contribution >= 0.6 is 11.8 Å². The number of hydrogen-bond donors (Lipinski definition) is 2. The summed E-state index contributed by atoms with van der Waals surface area (Å²) < 4.78 is 38.7. The van der Waals surface area contributed by atoms with Crippen molar-refractivity contribution in [3.8, 4) is 0 Å². The highest BCUT2D eigenvalue weighted by Gasteiger charge is 2.65. The zero-order valence-electron chi connectivity index (χ0n) is 11.4. The summed E-state index contributed by atoms with van der Waals surface area (Å²) in [5, 5.41) is 10.8. The Kier molecular flexibility index (Phi) is 4.32. The summed E-state index contributed by atoms with van der Waals surface area (Å²) in [5.41, 5.74) is -2.17. The second-order valence-corrected chi connectivity index (χ2v) is 6.56. The molecule has 1 saturated heterocycles. The first-order chi connectivity index (χ1) is 9.72. The van der Waals surface area contributed by atoms with E-state index >= 15 is 0 Å². The van der Waals surface area contributed by atoms with Gasteiger partial charge in [-0.25, -0.2) is 9.59 Å². The van der Waals surface area contributed by atoms with E-state index in [-0.39, 0.29) is 24.0 Å². The van der Waals surface area contributed by atoms with E-state index in [9.17, 15) is 22.8 Å². The molecule has 1 aliphatic carbocycles. The molecule has 0 spiro atoms. The van der Waals surface area contributed by atoms with Crippen molar-refractivity contribution in [1.29, 1.82) is 0 Å². The SMILES string of the molecule is CCCC1SCC(C(=O)O)N1C(=O)NC1(C(F)(F)F)CC1. The molecule has 2 fully saturated rings. The molecule has 1 heterocycles. The van der Waals surface area contributed by atoms with Crippen LogP contribution in [0.25, 0.3) is 0 Å². The van der Waals surface area contributed by atoms with Gasteiger partial charge < -0.3 is 10.4 Å². The number of carboxylic acids is 1. The van der Waals surface area contributed by atoms with Gasteiger partial charge in [0, 0.05) is 5.75 Å². The van der Waals surface area contributed by atoms with Gasteiger partial charge in [-0.15, -0.1) is 11.8 Å². The number of carbonyl (C=O) groups excluding carboxylic acids is 1. The number of rotatable bonds is 4. The first-order valence-corrected chi connectivity index (χ1v) is 7.78. The van der Waals surface area contributed by atoms with Gasteiger partial charge >= 0.3 is 18.2 Å². The Morgan fingerprint density at radius 1 is 1.43 bits per heavy atom. The van der Waals surface area contributed by atoms with Gasteiger partial charge in [0.15, 0.2) is 0 Å². The summed E-state index contributed by atoms with van der Waals surface area (Å²) in [6.45, 7) is 1.88. The third-order valence-corrected chi connectivity index (χ3v) is 5.14. The topological polar surface area (TPSA) is 69.6 Å². The average Bonchev–Trinajstić information content (AvgIpc) is 3.02. The van der Waals surface area contributed by atoms with E-state index in [0.29, 0.717) is 6.42 Å². The molecule has 2 unspecified atom stereocenters. The van der Waals surface area contributed by atoms with E-state index in [1.807, 2.05) is 12.2 Å². The Balaban J connectivity index is 2.12. The predicted molar refractivity (Wildman–Crippen MR) is 71.0 cm³/mol. The maximum Gasteiger partial charge on any atom is 0.411 e. The molecule has 120 valence electrons. The Hall–Kier alpha value is -1.12. The van der Waals surface area contributed by atoms with Crippen molar-refractivity contribution in [2.45, 2.75) is 55.7 Å². The normalized spacial score (nSPS) is 27.5. The Bertz CT molecular complexity index is 440. The summed E-state index contributed by atoms with van der Waals surface area (Å²) in [6, 6.07) is -2.00.